The van der Waals surface area contributed by atoms with Gasteiger partial charge in [0.05, 0.1) is 0 Å². The number of aryl methyl sites for hydroxylation is 1. The molecule has 0 aliphatic rings. The number of hydrogen-bond donors (Lipinski definition) is 0. The van der Waals surface area contributed by atoms with E-state index in [2.05, 4.69) is 5.92 Å². The number of ether oxygens (including phenoxy) is 1. The molecule has 0 aliphatic heterocycles. The highest BCUT2D eigenvalue weighted by Gasteiger charge is 1.97. The first-order chi connectivity index (χ1) is 5.72. The Balaban J connectivity index is 2.66. The largest absolute Gasteiger partial charge is 0.478 e. The van der Waals surface area contributed by atoms with E-state index in [0.717, 1.165) is 5.75 Å². The summed E-state index contributed by atoms with van der Waals surface area (Å²) in [7, 11) is 0. The van der Waals surface area contributed by atoms with Gasteiger partial charge in [-0.05, 0) is 26.0 Å². The molecule has 0 bridgehead atoms. The van der Waals surface area contributed by atoms with Crippen molar-refractivity contribution in [3.8, 4) is 18.1 Å². The van der Waals surface area contributed by atoms with Crippen molar-refractivity contribution in [1.29, 1.82) is 0 Å². The molecule has 1 nitrogen and oxygen atoms in total. The van der Waals surface area contributed by atoms with Crippen molar-refractivity contribution in [3.05, 3.63) is 29.8 Å². The summed E-state index contributed by atoms with van der Waals surface area (Å²) in [6.45, 7) is 3.88. The van der Waals surface area contributed by atoms with Crippen LogP contribution in [0.1, 0.15) is 12.5 Å². The monoisotopic (exact) mass is 160 g/mol. The van der Waals surface area contributed by atoms with E-state index in [1.165, 1.54) is 5.56 Å². The lowest BCUT2D eigenvalue weighted by atomic mass is 10.2. The first-order valence-electron chi connectivity index (χ1n) is 3.92. The van der Waals surface area contributed by atoms with Crippen LogP contribution in [0.5, 0.6) is 5.75 Å². The Morgan fingerprint density at radius 2 is 1.92 bits per heavy atom. The Bertz CT molecular complexity index is 279. The topological polar surface area (TPSA) is 9.23 Å². The molecule has 1 unspecified atom stereocenters. The zero-order valence-electron chi connectivity index (χ0n) is 7.37. The summed E-state index contributed by atoms with van der Waals surface area (Å²) >= 11 is 0. The van der Waals surface area contributed by atoms with Gasteiger partial charge in [0.15, 0.2) is 6.10 Å². The maximum absolute atomic E-state index is 5.38. The molecule has 0 heterocycles. The summed E-state index contributed by atoms with van der Waals surface area (Å²) in [5.41, 5.74) is 1.22. The molecule has 0 saturated heterocycles. The van der Waals surface area contributed by atoms with Crippen molar-refractivity contribution in [3.63, 3.8) is 0 Å². The predicted octanol–water partition coefficient (Wildman–Crippen LogP) is 2.40. The summed E-state index contributed by atoms with van der Waals surface area (Å²) in [6, 6.07) is 7.84. The summed E-state index contributed by atoms with van der Waals surface area (Å²) in [5, 5.41) is 0. The Labute approximate surface area is 73.4 Å². The third-order valence-electron chi connectivity index (χ3n) is 1.57. The zero-order valence-corrected chi connectivity index (χ0v) is 7.37. The lowest BCUT2D eigenvalue weighted by molar-refractivity contribution is 0.279. The minimum Gasteiger partial charge on any atom is -0.478 e. The standard InChI is InChI=1S/C11H12O/c1-4-10(3)12-11-7-5-9(2)6-8-11/h1,5-8,10H,2-3H3. The van der Waals surface area contributed by atoms with Crippen LogP contribution >= 0.6 is 0 Å². The van der Waals surface area contributed by atoms with Crippen LogP contribution in [0.4, 0.5) is 0 Å². The van der Waals surface area contributed by atoms with Crippen LogP contribution < -0.4 is 4.74 Å². The molecule has 12 heavy (non-hydrogen) atoms. The maximum atomic E-state index is 5.38. The molecule has 0 N–H and O–H groups in total. The average molecular weight is 160 g/mol. The molecule has 0 amide bonds. The first-order valence-corrected chi connectivity index (χ1v) is 3.92. The van der Waals surface area contributed by atoms with Gasteiger partial charge in [-0.1, -0.05) is 23.6 Å². The molecule has 0 radical (unpaired) electrons. The predicted molar refractivity (Wildman–Crippen MR) is 50.1 cm³/mol. The molecular formula is C11H12O. The SMILES string of the molecule is C#CC(C)Oc1ccc(C)cc1. The molecule has 1 aromatic carbocycles. The number of rotatable bonds is 2. The minimum absolute atomic E-state index is 0.160. The van der Waals surface area contributed by atoms with E-state index >= 15 is 0 Å². The number of terminal acetylenes is 1. The molecule has 0 fully saturated rings. The Hall–Kier alpha value is -1.42. The molecule has 1 aromatic rings. The number of benzene rings is 1. The van der Waals surface area contributed by atoms with Crippen molar-refractivity contribution < 1.29 is 4.74 Å². The molecule has 1 rings (SSSR count). The second kappa shape index (κ2) is 3.82. The summed E-state index contributed by atoms with van der Waals surface area (Å²) < 4.78 is 5.38. The summed E-state index contributed by atoms with van der Waals surface area (Å²) in [4.78, 5) is 0. The minimum atomic E-state index is -0.160. The maximum Gasteiger partial charge on any atom is 0.156 e. The van der Waals surface area contributed by atoms with Crippen LogP contribution in [-0.2, 0) is 0 Å². The van der Waals surface area contributed by atoms with E-state index in [4.69, 9.17) is 11.2 Å². The van der Waals surface area contributed by atoms with Crippen molar-refractivity contribution in [1.82, 2.24) is 0 Å². The van der Waals surface area contributed by atoms with Gasteiger partial charge in [0.1, 0.15) is 5.75 Å². The van der Waals surface area contributed by atoms with Crippen LogP contribution in [0.25, 0.3) is 0 Å². The van der Waals surface area contributed by atoms with E-state index < -0.39 is 0 Å². The van der Waals surface area contributed by atoms with Crippen molar-refractivity contribution in [2.75, 3.05) is 0 Å². The van der Waals surface area contributed by atoms with Crippen molar-refractivity contribution >= 4 is 0 Å². The van der Waals surface area contributed by atoms with Gasteiger partial charge >= 0.3 is 0 Å². The van der Waals surface area contributed by atoms with Gasteiger partial charge in [0.2, 0.25) is 0 Å². The second-order valence-electron chi connectivity index (χ2n) is 2.74. The number of hydrogen-bond acceptors (Lipinski definition) is 1. The molecule has 1 atom stereocenters. The Kier molecular flexibility index (Phi) is 2.76. The van der Waals surface area contributed by atoms with E-state index in [-0.39, 0.29) is 6.10 Å². The van der Waals surface area contributed by atoms with E-state index in [1.54, 1.807) is 0 Å². The highest BCUT2D eigenvalue weighted by molar-refractivity contribution is 5.26. The third-order valence-corrected chi connectivity index (χ3v) is 1.57. The van der Waals surface area contributed by atoms with Gasteiger partial charge in [-0.2, -0.15) is 0 Å². The van der Waals surface area contributed by atoms with Crippen LogP contribution in [-0.4, -0.2) is 6.10 Å². The Morgan fingerprint density at radius 1 is 1.33 bits per heavy atom. The third kappa shape index (κ3) is 2.32. The lowest BCUT2D eigenvalue weighted by Gasteiger charge is -2.08. The fraction of sp³-hybridized carbons (Fsp3) is 0.273. The highest BCUT2D eigenvalue weighted by atomic mass is 16.5. The smallest absolute Gasteiger partial charge is 0.156 e. The summed E-state index contributed by atoms with van der Waals surface area (Å²) in [5.74, 6) is 3.33. The Morgan fingerprint density at radius 3 is 2.42 bits per heavy atom. The second-order valence-corrected chi connectivity index (χ2v) is 2.74. The highest BCUT2D eigenvalue weighted by Crippen LogP contribution is 2.12. The van der Waals surface area contributed by atoms with Crippen LogP contribution in [0, 0.1) is 19.3 Å². The summed E-state index contributed by atoms with van der Waals surface area (Å²) in [6.07, 6.45) is 5.02. The molecule has 0 aromatic heterocycles. The van der Waals surface area contributed by atoms with Gasteiger partial charge in [0, 0.05) is 0 Å². The molecular weight excluding hydrogens is 148 g/mol. The molecule has 0 saturated carbocycles. The van der Waals surface area contributed by atoms with Crippen LogP contribution in [0.3, 0.4) is 0 Å². The molecule has 0 spiro atoms. The quantitative estimate of drug-likeness (QED) is 0.603. The van der Waals surface area contributed by atoms with Gasteiger partial charge in [0.25, 0.3) is 0 Å². The fourth-order valence-corrected chi connectivity index (χ4v) is 0.855. The van der Waals surface area contributed by atoms with E-state index in [9.17, 15) is 0 Å². The van der Waals surface area contributed by atoms with E-state index in [0.29, 0.717) is 0 Å². The van der Waals surface area contributed by atoms with E-state index in [1.807, 2.05) is 38.1 Å². The fourth-order valence-electron chi connectivity index (χ4n) is 0.855. The zero-order chi connectivity index (χ0) is 8.97. The van der Waals surface area contributed by atoms with Gasteiger partial charge < -0.3 is 4.74 Å². The molecule has 0 aliphatic carbocycles. The van der Waals surface area contributed by atoms with Crippen molar-refractivity contribution in [2.24, 2.45) is 0 Å². The van der Waals surface area contributed by atoms with Gasteiger partial charge in [-0.3, -0.25) is 0 Å². The van der Waals surface area contributed by atoms with Gasteiger partial charge in [-0.25, -0.2) is 0 Å². The van der Waals surface area contributed by atoms with Gasteiger partial charge in [-0.15, -0.1) is 6.42 Å². The first kappa shape index (κ1) is 8.67. The van der Waals surface area contributed by atoms with Crippen LogP contribution in [0.2, 0.25) is 0 Å². The normalized spacial score (nSPS) is 11.8. The molecule has 62 valence electrons. The lowest BCUT2D eigenvalue weighted by Crippen LogP contribution is -2.07. The van der Waals surface area contributed by atoms with Crippen molar-refractivity contribution in [2.45, 2.75) is 20.0 Å². The average Bonchev–Trinajstić information content (AvgIpc) is 2.09. The van der Waals surface area contributed by atoms with Crippen LogP contribution in [0.15, 0.2) is 24.3 Å². The molecule has 1 heteroatoms.